The zero-order chi connectivity index (χ0) is 27.4. The van der Waals surface area contributed by atoms with Crippen LogP contribution in [0.4, 0.5) is 5.95 Å². The van der Waals surface area contributed by atoms with Crippen molar-refractivity contribution in [2.45, 2.75) is 38.0 Å². The number of nitrogen functional groups attached to an aromatic ring is 1. The molecule has 6 heterocycles. The molecule has 1 fully saturated rings. The number of aromatic nitrogens is 9. The molecule has 1 saturated heterocycles. The summed E-state index contributed by atoms with van der Waals surface area (Å²) in [6.45, 7) is -8.08. The van der Waals surface area contributed by atoms with Gasteiger partial charge in [0.2, 0.25) is 5.95 Å². The van der Waals surface area contributed by atoms with E-state index >= 15 is 0 Å². The summed E-state index contributed by atoms with van der Waals surface area (Å²) in [6, 6.07) is 0. The second-order valence-corrected chi connectivity index (χ2v) is 14.2. The summed E-state index contributed by atoms with van der Waals surface area (Å²) in [4.78, 5) is 41.9. The predicted molar refractivity (Wildman–Crippen MR) is 139 cm³/mol. The minimum atomic E-state index is -4.05. The second-order valence-electron chi connectivity index (χ2n) is 8.44. The van der Waals surface area contributed by atoms with E-state index in [4.69, 9.17) is 40.4 Å². The van der Waals surface area contributed by atoms with Gasteiger partial charge in [-0.2, -0.15) is 9.67 Å². The lowest BCUT2D eigenvalue weighted by molar-refractivity contribution is -0.0510. The smallest absolute Gasteiger partial charge is 0.369 e. The van der Waals surface area contributed by atoms with Crippen molar-refractivity contribution in [1.82, 2.24) is 44.5 Å². The molecule has 2 aliphatic rings. The minimum absolute atomic E-state index is 0.00571. The number of rotatable bonds is 1. The number of hydrogen-bond acceptors (Lipinski definition) is 15. The number of thiol groups is 1. The van der Waals surface area contributed by atoms with Crippen LogP contribution in [0.25, 0.3) is 22.3 Å². The van der Waals surface area contributed by atoms with Crippen molar-refractivity contribution in [2.75, 3.05) is 18.9 Å². The highest BCUT2D eigenvalue weighted by Gasteiger charge is 2.43. The molecule has 22 heteroatoms. The average molecular weight is 618 g/mol. The van der Waals surface area contributed by atoms with Gasteiger partial charge in [0.25, 0.3) is 5.56 Å². The molecule has 208 valence electrons. The molecule has 5 atom stereocenters. The predicted octanol–water partition coefficient (Wildman–Crippen LogP) is 0.427. The van der Waals surface area contributed by atoms with Gasteiger partial charge in [-0.3, -0.25) is 18.8 Å². The highest BCUT2D eigenvalue weighted by Crippen LogP contribution is 2.57. The zero-order valence-corrected chi connectivity index (χ0v) is 23.1. The summed E-state index contributed by atoms with van der Waals surface area (Å²) < 4.78 is 44.6. The molecule has 0 spiro atoms. The van der Waals surface area contributed by atoms with Crippen molar-refractivity contribution in [3.05, 3.63) is 28.7 Å². The van der Waals surface area contributed by atoms with Crippen molar-refractivity contribution in [3.63, 3.8) is 0 Å². The van der Waals surface area contributed by atoms with E-state index in [1.54, 1.807) is 4.57 Å². The first-order chi connectivity index (χ1) is 18.6. The number of hydrogen-bond donors (Lipinski definition) is 4. The zero-order valence-electron chi connectivity index (χ0n) is 19.6. The maximum absolute atomic E-state index is 13.4. The third-order valence-electron chi connectivity index (χ3n) is 5.85. The fourth-order valence-electron chi connectivity index (χ4n) is 4.23. The van der Waals surface area contributed by atoms with Crippen LogP contribution in [0.2, 0.25) is 0 Å². The summed E-state index contributed by atoms with van der Waals surface area (Å²) >= 11 is 9.31. The number of H-pyrrole nitrogens is 1. The topological polar surface area (TPSA) is 230 Å². The molecule has 0 radical (unpaired) electrons. The van der Waals surface area contributed by atoms with Crippen LogP contribution >= 0.6 is 25.8 Å². The molecule has 0 aliphatic carbocycles. The van der Waals surface area contributed by atoms with Gasteiger partial charge in [-0.25, -0.2) is 19.5 Å². The van der Waals surface area contributed by atoms with Crippen LogP contribution in [-0.4, -0.2) is 74.8 Å². The quantitative estimate of drug-likeness (QED) is 0.167. The van der Waals surface area contributed by atoms with Crippen LogP contribution in [0.1, 0.15) is 18.5 Å². The monoisotopic (exact) mass is 618 g/mol. The molecule has 0 amide bonds. The number of imidazole rings is 1. The number of nitrogens with two attached hydrogens (primary N) is 1. The Morgan fingerprint density at radius 3 is 2.95 bits per heavy atom. The number of nitrogens with one attached hydrogen (secondary N) is 1. The molecule has 2 bridgehead atoms. The van der Waals surface area contributed by atoms with Crippen molar-refractivity contribution >= 4 is 65.8 Å². The maximum Gasteiger partial charge on any atom is 0.386 e. The summed E-state index contributed by atoms with van der Waals surface area (Å²) in [6.07, 6.45) is 0.107. The Labute approximate surface area is 228 Å². The van der Waals surface area contributed by atoms with Crippen LogP contribution in [0, 0.1) is 0 Å². The van der Waals surface area contributed by atoms with Crippen LogP contribution in [-0.2, 0) is 52.4 Å². The fourth-order valence-corrected chi connectivity index (χ4v) is 6.79. The molecular weight excluding hydrogens is 598 g/mol. The van der Waals surface area contributed by atoms with Crippen LogP contribution in [0.3, 0.4) is 0 Å². The molecule has 4 aromatic heterocycles. The summed E-state index contributed by atoms with van der Waals surface area (Å²) in [5, 5.41) is 7.82. The van der Waals surface area contributed by atoms with Gasteiger partial charge in [-0.1, -0.05) is 17.5 Å². The summed E-state index contributed by atoms with van der Waals surface area (Å²) in [5.74, 6) is 0.155. The lowest BCUT2D eigenvalue weighted by Crippen LogP contribution is -2.24. The summed E-state index contributed by atoms with van der Waals surface area (Å²) in [5.41, 5.74) is 5.92. The first-order valence-corrected chi connectivity index (χ1v) is 16.6. The Kier molecular flexibility index (Phi) is 7.03. The van der Waals surface area contributed by atoms with E-state index < -0.39 is 37.5 Å². The third kappa shape index (κ3) is 5.49. The SMILES string of the molecule is Nc1nc2c(nnn2[C@@H]2O[C@@H]3COP(O)(=S)OCCn4c(nc5cncnc54)COP(=O)(S)O[C@@H]2C3)c(=O)[nH]1. The maximum atomic E-state index is 13.4. The lowest BCUT2D eigenvalue weighted by Gasteiger charge is -2.22. The first-order valence-electron chi connectivity index (χ1n) is 11.3. The Hall–Kier alpha value is -2.38. The van der Waals surface area contributed by atoms with Crippen LogP contribution < -0.4 is 11.3 Å². The fraction of sp³-hybridized carbons (Fsp3) is 0.471. The number of ether oxygens (including phenoxy) is 1. The Morgan fingerprint density at radius 2 is 2.10 bits per heavy atom. The van der Waals surface area contributed by atoms with Gasteiger partial charge in [0, 0.05) is 13.0 Å². The van der Waals surface area contributed by atoms with Crippen molar-refractivity contribution in [3.8, 4) is 0 Å². The molecule has 18 nitrogen and oxygen atoms in total. The molecule has 2 unspecified atom stereocenters. The van der Waals surface area contributed by atoms with Gasteiger partial charge < -0.3 is 29.0 Å². The normalized spacial score (nSPS) is 30.7. The van der Waals surface area contributed by atoms with Crippen LogP contribution in [0.15, 0.2) is 17.3 Å². The Morgan fingerprint density at radius 1 is 1.26 bits per heavy atom. The third-order valence-corrected chi connectivity index (χ3v) is 9.09. The van der Waals surface area contributed by atoms with E-state index in [0.717, 1.165) is 0 Å². The molecule has 2 aliphatic heterocycles. The molecule has 0 saturated carbocycles. The van der Waals surface area contributed by atoms with Gasteiger partial charge >= 0.3 is 13.5 Å². The van der Waals surface area contributed by atoms with Crippen molar-refractivity contribution in [2.24, 2.45) is 0 Å². The van der Waals surface area contributed by atoms with Gasteiger partial charge in [-0.15, -0.1) is 5.10 Å². The average Bonchev–Trinajstić information content (AvgIpc) is 3.56. The number of aromatic amines is 1. The van der Waals surface area contributed by atoms with E-state index in [-0.39, 0.29) is 49.9 Å². The largest absolute Gasteiger partial charge is 0.386 e. The standard InChI is InChI=1S/C17H20N10O8P2S2/c18-17-22-14-12(15(28)23-17)24-25-27(14)16-10-3-8(34-16)5-32-36(29,38)31-2-1-26-11(6-33-37(30,39)35-10)21-9-4-19-7-20-13(9)26/h4,7-8,10,16H,1-3,5-6H2,(H,29,38)(H,30,39)(H3,18,22,23,28)/t8-,10+,16+,36?,37?/m0/s1. The highest BCUT2D eigenvalue weighted by atomic mass is 32.7. The second kappa shape index (κ2) is 10.2. The number of nitrogens with zero attached hydrogens (tertiary/aromatic N) is 8. The van der Waals surface area contributed by atoms with E-state index in [2.05, 4.69) is 47.5 Å². The van der Waals surface area contributed by atoms with E-state index in [9.17, 15) is 14.3 Å². The van der Waals surface area contributed by atoms with E-state index in [0.29, 0.717) is 17.0 Å². The van der Waals surface area contributed by atoms with E-state index in [1.807, 2.05) is 0 Å². The van der Waals surface area contributed by atoms with Gasteiger partial charge in [0.15, 0.2) is 23.0 Å². The summed E-state index contributed by atoms with van der Waals surface area (Å²) in [7, 11) is 0. The Bertz CT molecular complexity index is 1710. The molecule has 4 aromatic rings. The van der Waals surface area contributed by atoms with Gasteiger partial charge in [-0.05, 0) is 11.8 Å². The number of fused-ring (bicyclic) bond motifs is 6. The van der Waals surface area contributed by atoms with Gasteiger partial charge in [0.1, 0.15) is 30.4 Å². The minimum Gasteiger partial charge on any atom is -0.369 e. The molecular formula is C17H20N10O8P2S2. The van der Waals surface area contributed by atoms with Crippen molar-refractivity contribution in [1.29, 1.82) is 0 Å². The van der Waals surface area contributed by atoms with Crippen LogP contribution in [0.5, 0.6) is 0 Å². The van der Waals surface area contributed by atoms with Gasteiger partial charge in [0.05, 0.1) is 25.5 Å². The molecule has 4 N–H and O–H groups in total. The molecule has 0 aromatic carbocycles. The first kappa shape index (κ1) is 26.8. The lowest BCUT2D eigenvalue weighted by atomic mass is 10.2. The van der Waals surface area contributed by atoms with E-state index in [1.165, 1.54) is 17.2 Å². The molecule has 6 rings (SSSR count). The van der Waals surface area contributed by atoms with Crippen molar-refractivity contribution < 1.29 is 32.3 Å². The molecule has 39 heavy (non-hydrogen) atoms. The highest BCUT2D eigenvalue weighted by molar-refractivity contribution is 8.44. The number of anilines is 1. The Balaban J connectivity index is 1.35.